The van der Waals surface area contributed by atoms with Gasteiger partial charge in [0.1, 0.15) is 0 Å². The molecule has 0 aromatic heterocycles. The fourth-order valence-electron chi connectivity index (χ4n) is 0.866. The summed E-state index contributed by atoms with van der Waals surface area (Å²) >= 11 is 0. The minimum absolute atomic E-state index is 0.742. The van der Waals surface area contributed by atoms with Crippen molar-refractivity contribution in [1.29, 1.82) is 5.41 Å². The summed E-state index contributed by atoms with van der Waals surface area (Å²) in [6.07, 6.45) is 1.17. The third-order valence-electron chi connectivity index (χ3n) is 1.11. The molecule has 0 fully saturated rings. The first-order valence-electron chi connectivity index (χ1n) is 3.39. The average Bonchev–Trinajstić information content (AvgIpc) is 1.63. The second-order valence-corrected chi connectivity index (χ2v) is 2.52. The van der Waals surface area contributed by atoms with Gasteiger partial charge in [-0.2, -0.15) is 0 Å². The van der Waals surface area contributed by atoms with Gasteiger partial charge in [0.05, 0.1) is 0 Å². The molecule has 1 N–H and O–H groups in total. The highest BCUT2D eigenvalue weighted by molar-refractivity contribution is 5.80. The van der Waals surface area contributed by atoms with E-state index in [1.165, 1.54) is 6.42 Å². The number of hydrogen-bond donors (Lipinski definition) is 1. The van der Waals surface area contributed by atoms with Crippen LogP contribution in [-0.4, -0.2) is 30.7 Å². The lowest BCUT2D eigenvalue weighted by atomic mass is 10.3. The molecule has 0 atom stereocenters. The Kier molecular flexibility index (Phi) is 4.32. The smallest absolute Gasteiger partial charge is 0.0354 e. The molecule has 0 aromatic carbocycles. The molecular formula is C7H16N2. The van der Waals surface area contributed by atoms with Crippen molar-refractivity contribution in [1.82, 2.24) is 4.90 Å². The Morgan fingerprint density at radius 2 is 2.11 bits per heavy atom. The summed E-state index contributed by atoms with van der Waals surface area (Å²) < 4.78 is 0. The minimum atomic E-state index is 0.742. The van der Waals surface area contributed by atoms with E-state index in [0.717, 1.165) is 18.8 Å². The molecule has 0 heterocycles. The van der Waals surface area contributed by atoms with E-state index in [4.69, 9.17) is 5.41 Å². The molecule has 0 aliphatic carbocycles. The van der Waals surface area contributed by atoms with Gasteiger partial charge in [0.25, 0.3) is 0 Å². The summed E-state index contributed by atoms with van der Waals surface area (Å²) in [6, 6.07) is 0. The van der Waals surface area contributed by atoms with Gasteiger partial charge < -0.3 is 10.3 Å². The van der Waals surface area contributed by atoms with Crippen LogP contribution in [-0.2, 0) is 0 Å². The predicted molar refractivity (Wildman–Crippen MR) is 41.2 cm³/mol. The average molecular weight is 128 g/mol. The highest BCUT2D eigenvalue weighted by Crippen LogP contribution is 1.85. The van der Waals surface area contributed by atoms with E-state index < -0.39 is 0 Å². The van der Waals surface area contributed by atoms with Crippen LogP contribution >= 0.6 is 0 Å². The topological polar surface area (TPSA) is 27.1 Å². The van der Waals surface area contributed by atoms with Crippen LogP contribution < -0.4 is 0 Å². The van der Waals surface area contributed by atoms with Crippen LogP contribution in [0, 0.1) is 5.41 Å². The minimum Gasteiger partial charge on any atom is -0.309 e. The zero-order chi connectivity index (χ0) is 7.28. The maximum atomic E-state index is 7.16. The monoisotopic (exact) mass is 128 g/mol. The molecule has 2 heteroatoms. The zero-order valence-electron chi connectivity index (χ0n) is 6.57. The predicted octanol–water partition coefficient (Wildman–Crippen LogP) is 1.37. The molecule has 0 bridgehead atoms. The standard InChI is InChI=1S/C7H16N2/c1-4-5-9(3)6-7(2)8/h8H,4-6H2,1-3H3. The van der Waals surface area contributed by atoms with Gasteiger partial charge in [-0.25, -0.2) is 0 Å². The van der Waals surface area contributed by atoms with Crippen molar-refractivity contribution >= 4 is 5.71 Å². The Morgan fingerprint density at radius 3 is 2.44 bits per heavy atom. The molecule has 0 aliphatic rings. The second kappa shape index (κ2) is 4.50. The van der Waals surface area contributed by atoms with Gasteiger partial charge in [-0.05, 0) is 26.9 Å². The van der Waals surface area contributed by atoms with Crippen molar-refractivity contribution in [3.63, 3.8) is 0 Å². The molecule has 0 spiro atoms. The molecule has 9 heavy (non-hydrogen) atoms. The van der Waals surface area contributed by atoms with E-state index in [1.807, 2.05) is 14.0 Å². The maximum Gasteiger partial charge on any atom is 0.0354 e. The molecule has 0 aliphatic heterocycles. The fourth-order valence-corrected chi connectivity index (χ4v) is 0.866. The van der Waals surface area contributed by atoms with E-state index >= 15 is 0 Å². The molecule has 0 saturated carbocycles. The Balaban J connectivity index is 3.26. The zero-order valence-corrected chi connectivity index (χ0v) is 6.57. The van der Waals surface area contributed by atoms with Gasteiger partial charge in [-0.1, -0.05) is 6.92 Å². The lowest BCUT2D eigenvalue weighted by Gasteiger charge is -2.13. The number of hydrogen-bond acceptors (Lipinski definition) is 2. The van der Waals surface area contributed by atoms with Crippen LogP contribution in [0.3, 0.4) is 0 Å². The van der Waals surface area contributed by atoms with Gasteiger partial charge in [-0.15, -0.1) is 0 Å². The molecule has 0 aromatic rings. The highest BCUT2D eigenvalue weighted by Gasteiger charge is 1.94. The second-order valence-electron chi connectivity index (χ2n) is 2.52. The van der Waals surface area contributed by atoms with Crippen molar-refractivity contribution in [2.24, 2.45) is 0 Å². The summed E-state index contributed by atoms with van der Waals surface area (Å²) in [5, 5.41) is 7.16. The van der Waals surface area contributed by atoms with Crippen LogP contribution in [0.5, 0.6) is 0 Å². The van der Waals surface area contributed by atoms with Crippen LogP contribution in [0.1, 0.15) is 20.3 Å². The third-order valence-corrected chi connectivity index (χ3v) is 1.11. The van der Waals surface area contributed by atoms with Crippen molar-refractivity contribution in [3.05, 3.63) is 0 Å². The molecule has 2 nitrogen and oxygen atoms in total. The maximum absolute atomic E-state index is 7.16. The summed E-state index contributed by atoms with van der Waals surface area (Å²) in [5.74, 6) is 0. The Morgan fingerprint density at radius 1 is 1.56 bits per heavy atom. The van der Waals surface area contributed by atoms with Crippen molar-refractivity contribution in [3.8, 4) is 0 Å². The van der Waals surface area contributed by atoms with Gasteiger partial charge in [0.15, 0.2) is 0 Å². The van der Waals surface area contributed by atoms with Crippen molar-refractivity contribution < 1.29 is 0 Å². The molecular weight excluding hydrogens is 112 g/mol. The van der Waals surface area contributed by atoms with Crippen LogP contribution in [0.25, 0.3) is 0 Å². The largest absolute Gasteiger partial charge is 0.309 e. The SMILES string of the molecule is CCCN(C)CC(C)=N. The third kappa shape index (κ3) is 5.50. The first kappa shape index (κ1) is 8.63. The normalized spacial score (nSPS) is 10.2. The van der Waals surface area contributed by atoms with E-state index in [2.05, 4.69) is 11.8 Å². The van der Waals surface area contributed by atoms with Gasteiger partial charge in [0, 0.05) is 12.3 Å². The first-order chi connectivity index (χ1) is 4.16. The lowest BCUT2D eigenvalue weighted by Crippen LogP contribution is -2.24. The molecule has 0 unspecified atom stereocenters. The van der Waals surface area contributed by atoms with Crippen molar-refractivity contribution in [2.75, 3.05) is 20.1 Å². The van der Waals surface area contributed by atoms with Crippen LogP contribution in [0.4, 0.5) is 0 Å². The molecule has 54 valence electrons. The van der Waals surface area contributed by atoms with E-state index in [-0.39, 0.29) is 0 Å². The summed E-state index contributed by atoms with van der Waals surface area (Å²) in [4.78, 5) is 2.16. The lowest BCUT2D eigenvalue weighted by molar-refractivity contribution is 0.380. The quantitative estimate of drug-likeness (QED) is 0.569. The van der Waals surface area contributed by atoms with E-state index in [9.17, 15) is 0 Å². The number of nitrogens with one attached hydrogen (secondary N) is 1. The first-order valence-corrected chi connectivity index (χ1v) is 3.39. The van der Waals surface area contributed by atoms with Crippen LogP contribution in [0.15, 0.2) is 0 Å². The van der Waals surface area contributed by atoms with E-state index in [0.29, 0.717) is 0 Å². The fraction of sp³-hybridized carbons (Fsp3) is 0.857. The van der Waals surface area contributed by atoms with E-state index in [1.54, 1.807) is 0 Å². The number of nitrogens with zero attached hydrogens (tertiary/aromatic N) is 1. The summed E-state index contributed by atoms with van der Waals surface area (Å²) in [7, 11) is 2.04. The summed E-state index contributed by atoms with van der Waals surface area (Å²) in [5.41, 5.74) is 0.742. The van der Waals surface area contributed by atoms with Gasteiger partial charge >= 0.3 is 0 Å². The highest BCUT2D eigenvalue weighted by atomic mass is 15.1. The summed E-state index contributed by atoms with van der Waals surface area (Å²) in [6.45, 7) is 5.89. The Labute approximate surface area is 57.4 Å². The van der Waals surface area contributed by atoms with Crippen LogP contribution in [0.2, 0.25) is 0 Å². The molecule has 0 radical (unpaired) electrons. The Bertz CT molecular complexity index is 88.9. The van der Waals surface area contributed by atoms with Crippen molar-refractivity contribution in [2.45, 2.75) is 20.3 Å². The van der Waals surface area contributed by atoms with Gasteiger partial charge in [0.2, 0.25) is 0 Å². The Hall–Kier alpha value is -0.370. The molecule has 0 saturated heterocycles. The molecule has 0 amide bonds. The molecule has 0 rings (SSSR count). The van der Waals surface area contributed by atoms with Gasteiger partial charge in [-0.3, -0.25) is 0 Å². The number of rotatable bonds is 4.